The van der Waals surface area contributed by atoms with Crippen molar-refractivity contribution in [2.24, 2.45) is 5.10 Å². The quantitative estimate of drug-likeness (QED) is 0.520. The van der Waals surface area contributed by atoms with Gasteiger partial charge in [-0.2, -0.15) is 5.10 Å². The molecule has 0 aliphatic carbocycles. The molecule has 1 N–H and O–H groups in total. The molecule has 0 saturated carbocycles. The number of rotatable bonds is 6. The number of hydrogen-bond acceptors (Lipinski definition) is 6. The Hall–Kier alpha value is -2.86. The molecule has 0 aliphatic heterocycles. The number of thiazole rings is 1. The molecule has 0 aliphatic rings. The summed E-state index contributed by atoms with van der Waals surface area (Å²) in [6.07, 6.45) is 1.70. The number of benzene rings is 2. The maximum Gasteiger partial charge on any atom is 0.203 e. The van der Waals surface area contributed by atoms with Gasteiger partial charge in [0.1, 0.15) is 11.5 Å². The third-order valence-corrected chi connectivity index (χ3v) is 4.40. The van der Waals surface area contributed by atoms with Crippen LogP contribution in [0.1, 0.15) is 11.1 Å². The summed E-state index contributed by atoms with van der Waals surface area (Å²) in [4.78, 5) is 4.55. The Morgan fingerprint density at radius 2 is 1.88 bits per heavy atom. The second-order valence-corrected chi connectivity index (χ2v) is 6.24. The van der Waals surface area contributed by atoms with Crippen molar-refractivity contribution in [2.75, 3.05) is 19.6 Å². The van der Waals surface area contributed by atoms with E-state index < -0.39 is 0 Å². The van der Waals surface area contributed by atoms with Gasteiger partial charge < -0.3 is 9.47 Å². The molecule has 3 rings (SSSR count). The summed E-state index contributed by atoms with van der Waals surface area (Å²) in [5.74, 6) is 1.44. The molecule has 128 valence electrons. The van der Waals surface area contributed by atoms with E-state index in [1.807, 2.05) is 23.6 Å². The van der Waals surface area contributed by atoms with E-state index in [1.54, 1.807) is 20.4 Å². The third-order valence-electron chi connectivity index (χ3n) is 3.66. The molecule has 1 aromatic heterocycles. The second kappa shape index (κ2) is 7.81. The first kappa shape index (κ1) is 17.0. The van der Waals surface area contributed by atoms with Crippen LogP contribution in [0.4, 0.5) is 5.13 Å². The Morgan fingerprint density at radius 1 is 1.08 bits per heavy atom. The predicted octanol–water partition coefficient (Wildman–Crippen LogP) is 4.58. The molecule has 0 saturated heterocycles. The zero-order valence-electron chi connectivity index (χ0n) is 14.3. The van der Waals surface area contributed by atoms with Gasteiger partial charge in [0.2, 0.25) is 5.13 Å². The Labute approximate surface area is 151 Å². The number of nitrogens with zero attached hydrogens (tertiary/aromatic N) is 2. The van der Waals surface area contributed by atoms with Gasteiger partial charge in [-0.1, -0.05) is 29.8 Å². The fraction of sp³-hybridized carbons (Fsp3) is 0.158. The highest BCUT2D eigenvalue weighted by atomic mass is 32.1. The molecule has 0 bridgehead atoms. The number of ether oxygens (including phenoxy) is 2. The van der Waals surface area contributed by atoms with Crippen LogP contribution in [0.2, 0.25) is 0 Å². The van der Waals surface area contributed by atoms with Crippen LogP contribution in [0.5, 0.6) is 11.5 Å². The minimum absolute atomic E-state index is 0.699. The van der Waals surface area contributed by atoms with E-state index >= 15 is 0 Å². The summed E-state index contributed by atoms with van der Waals surface area (Å²) in [5, 5.41) is 7.00. The molecule has 3 aromatic rings. The Kier molecular flexibility index (Phi) is 5.30. The molecule has 0 fully saturated rings. The van der Waals surface area contributed by atoms with Gasteiger partial charge in [0.15, 0.2) is 0 Å². The average Bonchev–Trinajstić information content (AvgIpc) is 3.11. The lowest BCUT2D eigenvalue weighted by Gasteiger charge is -2.06. The van der Waals surface area contributed by atoms with E-state index in [9.17, 15) is 0 Å². The topological polar surface area (TPSA) is 55.7 Å². The van der Waals surface area contributed by atoms with Crippen molar-refractivity contribution in [1.29, 1.82) is 0 Å². The molecule has 5 nitrogen and oxygen atoms in total. The highest BCUT2D eigenvalue weighted by Crippen LogP contribution is 2.26. The predicted molar refractivity (Wildman–Crippen MR) is 103 cm³/mol. The Balaban J connectivity index is 1.70. The van der Waals surface area contributed by atoms with Crippen molar-refractivity contribution in [1.82, 2.24) is 4.98 Å². The van der Waals surface area contributed by atoms with Crippen LogP contribution in [0.25, 0.3) is 11.3 Å². The molecule has 0 unspecified atom stereocenters. The highest BCUT2D eigenvalue weighted by Gasteiger charge is 2.05. The molecule has 0 radical (unpaired) electrons. The first-order valence-corrected chi connectivity index (χ1v) is 8.61. The van der Waals surface area contributed by atoms with Crippen LogP contribution in [0.3, 0.4) is 0 Å². The van der Waals surface area contributed by atoms with Gasteiger partial charge in [-0.05, 0) is 19.1 Å². The van der Waals surface area contributed by atoms with Crippen molar-refractivity contribution in [3.8, 4) is 22.8 Å². The fourth-order valence-corrected chi connectivity index (χ4v) is 2.93. The van der Waals surface area contributed by atoms with Crippen LogP contribution in [0.15, 0.2) is 52.9 Å². The summed E-state index contributed by atoms with van der Waals surface area (Å²) in [6.45, 7) is 2.07. The largest absolute Gasteiger partial charge is 0.497 e. The van der Waals surface area contributed by atoms with Gasteiger partial charge in [0.05, 0.1) is 26.1 Å². The molecule has 2 aromatic carbocycles. The summed E-state index contributed by atoms with van der Waals surface area (Å²) in [7, 11) is 3.24. The summed E-state index contributed by atoms with van der Waals surface area (Å²) in [6, 6.07) is 13.9. The van der Waals surface area contributed by atoms with Gasteiger partial charge in [0.25, 0.3) is 0 Å². The van der Waals surface area contributed by atoms with Crippen molar-refractivity contribution in [3.05, 3.63) is 59.0 Å². The average molecular weight is 353 g/mol. The van der Waals surface area contributed by atoms with Crippen molar-refractivity contribution < 1.29 is 9.47 Å². The minimum atomic E-state index is 0.699. The Morgan fingerprint density at radius 3 is 2.60 bits per heavy atom. The zero-order chi connectivity index (χ0) is 17.6. The number of nitrogens with one attached hydrogen (secondary N) is 1. The Bertz CT molecular complexity index is 873. The van der Waals surface area contributed by atoms with Gasteiger partial charge in [0, 0.05) is 22.6 Å². The molecule has 0 atom stereocenters. The molecule has 0 amide bonds. The monoisotopic (exact) mass is 353 g/mol. The van der Waals surface area contributed by atoms with E-state index in [-0.39, 0.29) is 0 Å². The van der Waals surface area contributed by atoms with Crippen LogP contribution in [-0.2, 0) is 0 Å². The summed E-state index contributed by atoms with van der Waals surface area (Å²) < 4.78 is 10.5. The van der Waals surface area contributed by atoms with Gasteiger partial charge in [-0.15, -0.1) is 11.3 Å². The molecular weight excluding hydrogens is 334 g/mol. The maximum absolute atomic E-state index is 5.35. The van der Waals surface area contributed by atoms with Crippen LogP contribution >= 0.6 is 11.3 Å². The number of hydrazone groups is 1. The van der Waals surface area contributed by atoms with Crippen LogP contribution < -0.4 is 14.9 Å². The number of methoxy groups -OCH3 is 2. The van der Waals surface area contributed by atoms with Crippen LogP contribution in [-0.4, -0.2) is 25.4 Å². The molecular formula is C19H19N3O2S. The lowest BCUT2D eigenvalue weighted by atomic mass is 10.1. The van der Waals surface area contributed by atoms with E-state index in [2.05, 4.69) is 46.7 Å². The van der Waals surface area contributed by atoms with Crippen LogP contribution in [0, 0.1) is 6.92 Å². The van der Waals surface area contributed by atoms with E-state index in [0.29, 0.717) is 5.75 Å². The second-order valence-electron chi connectivity index (χ2n) is 5.38. The number of aryl methyl sites for hydroxylation is 1. The van der Waals surface area contributed by atoms with Crippen molar-refractivity contribution >= 4 is 22.7 Å². The SMILES string of the molecule is COc1ccc(/C=N\Nc2nc(-c3ccc(C)cc3)cs2)c(OC)c1. The maximum atomic E-state index is 5.35. The molecule has 1 heterocycles. The third kappa shape index (κ3) is 4.16. The molecule has 6 heteroatoms. The normalized spacial score (nSPS) is 10.8. The smallest absolute Gasteiger partial charge is 0.203 e. The van der Waals surface area contributed by atoms with Crippen molar-refractivity contribution in [3.63, 3.8) is 0 Å². The van der Waals surface area contributed by atoms with E-state index in [4.69, 9.17) is 9.47 Å². The zero-order valence-corrected chi connectivity index (χ0v) is 15.1. The summed E-state index contributed by atoms with van der Waals surface area (Å²) in [5.41, 5.74) is 7.08. The van der Waals surface area contributed by atoms with Gasteiger partial charge in [-0.3, -0.25) is 5.43 Å². The molecule has 25 heavy (non-hydrogen) atoms. The van der Waals surface area contributed by atoms with Crippen molar-refractivity contribution in [2.45, 2.75) is 6.92 Å². The first-order valence-electron chi connectivity index (χ1n) is 7.73. The number of anilines is 1. The van der Waals surface area contributed by atoms with E-state index in [1.165, 1.54) is 16.9 Å². The first-order chi connectivity index (χ1) is 12.2. The standard InChI is InChI=1S/C19H19N3O2S/c1-13-4-6-14(7-5-13)17-12-25-19(21-17)22-20-11-15-8-9-16(23-2)10-18(15)24-3/h4-12H,1-3H3,(H,21,22)/b20-11-. The number of aromatic nitrogens is 1. The fourth-order valence-electron chi connectivity index (χ4n) is 2.26. The van der Waals surface area contributed by atoms with Gasteiger partial charge >= 0.3 is 0 Å². The highest BCUT2D eigenvalue weighted by molar-refractivity contribution is 7.14. The lowest BCUT2D eigenvalue weighted by molar-refractivity contribution is 0.394. The minimum Gasteiger partial charge on any atom is -0.497 e. The lowest BCUT2D eigenvalue weighted by Crippen LogP contribution is -1.95. The van der Waals surface area contributed by atoms with Gasteiger partial charge in [-0.25, -0.2) is 4.98 Å². The summed E-state index contributed by atoms with van der Waals surface area (Å²) >= 11 is 1.51. The molecule has 0 spiro atoms. The number of hydrogen-bond donors (Lipinski definition) is 1. The van der Waals surface area contributed by atoms with E-state index in [0.717, 1.165) is 27.7 Å².